The van der Waals surface area contributed by atoms with Crippen molar-refractivity contribution >= 4 is 11.9 Å². The Balaban J connectivity index is 2.57. The molecular formula is C14H18FNO3. The smallest absolute Gasteiger partial charge is 0.308 e. The van der Waals surface area contributed by atoms with Crippen LogP contribution in [0, 0.1) is 11.7 Å². The lowest BCUT2D eigenvalue weighted by molar-refractivity contribution is -0.142. The Kier molecular flexibility index (Phi) is 5.48. The van der Waals surface area contributed by atoms with Gasteiger partial charge in [-0.3, -0.25) is 9.59 Å². The molecule has 1 amide bonds. The number of nitrogens with zero attached hydrogens (tertiary/aromatic N) is 1. The lowest BCUT2D eigenvalue weighted by Crippen LogP contribution is -2.36. The number of benzene rings is 1. The maximum atomic E-state index is 12.7. The predicted molar refractivity (Wildman–Crippen MR) is 69.2 cm³/mol. The van der Waals surface area contributed by atoms with Crippen LogP contribution in [0.15, 0.2) is 24.3 Å². The Hall–Kier alpha value is -1.91. The summed E-state index contributed by atoms with van der Waals surface area (Å²) in [4.78, 5) is 23.7. The zero-order valence-electron chi connectivity index (χ0n) is 11.1. The van der Waals surface area contributed by atoms with Crippen LogP contribution < -0.4 is 0 Å². The molecule has 1 aromatic carbocycles. The van der Waals surface area contributed by atoms with Crippen molar-refractivity contribution in [2.45, 2.75) is 20.3 Å². The zero-order chi connectivity index (χ0) is 14.4. The number of amides is 1. The maximum Gasteiger partial charge on any atom is 0.308 e. The molecule has 0 saturated heterocycles. The quantitative estimate of drug-likeness (QED) is 0.857. The average Bonchev–Trinajstić information content (AvgIpc) is 2.35. The minimum atomic E-state index is -0.923. The summed E-state index contributed by atoms with van der Waals surface area (Å²) in [6, 6.07) is 6.06. The summed E-state index contributed by atoms with van der Waals surface area (Å²) < 4.78 is 12.7. The van der Waals surface area contributed by atoms with Gasteiger partial charge in [-0.2, -0.15) is 0 Å². The van der Waals surface area contributed by atoms with Gasteiger partial charge in [0.25, 0.3) is 0 Å². The van der Waals surface area contributed by atoms with E-state index in [4.69, 9.17) is 5.11 Å². The number of carbonyl (C=O) groups excluding carboxylic acids is 1. The molecule has 104 valence electrons. The second kappa shape index (κ2) is 6.87. The van der Waals surface area contributed by atoms with E-state index >= 15 is 0 Å². The van der Waals surface area contributed by atoms with Crippen molar-refractivity contribution in [3.05, 3.63) is 35.6 Å². The van der Waals surface area contributed by atoms with Gasteiger partial charge in [-0.05, 0) is 24.1 Å². The maximum absolute atomic E-state index is 12.7. The molecule has 0 saturated carbocycles. The van der Waals surface area contributed by atoms with Gasteiger partial charge in [0.2, 0.25) is 5.91 Å². The molecule has 0 radical (unpaired) electrons. The van der Waals surface area contributed by atoms with Crippen molar-refractivity contribution in [3.63, 3.8) is 0 Å². The molecule has 0 heterocycles. The normalized spacial score (nSPS) is 11.9. The third-order valence-corrected chi connectivity index (χ3v) is 2.94. The SMILES string of the molecule is CC(=O)N(CCc1ccc(F)cc1)CC(C)C(=O)O. The molecule has 5 heteroatoms. The number of hydrogen-bond donors (Lipinski definition) is 1. The molecule has 1 atom stereocenters. The van der Waals surface area contributed by atoms with Gasteiger partial charge >= 0.3 is 5.97 Å². The van der Waals surface area contributed by atoms with Crippen molar-refractivity contribution in [2.24, 2.45) is 5.92 Å². The van der Waals surface area contributed by atoms with Crippen LogP contribution >= 0.6 is 0 Å². The minimum Gasteiger partial charge on any atom is -0.481 e. The number of hydrogen-bond acceptors (Lipinski definition) is 2. The molecule has 0 bridgehead atoms. The Morgan fingerprint density at radius 3 is 2.37 bits per heavy atom. The Bertz CT molecular complexity index is 445. The van der Waals surface area contributed by atoms with E-state index in [9.17, 15) is 14.0 Å². The molecule has 1 unspecified atom stereocenters. The van der Waals surface area contributed by atoms with E-state index in [0.717, 1.165) is 5.56 Å². The van der Waals surface area contributed by atoms with Crippen molar-refractivity contribution in [2.75, 3.05) is 13.1 Å². The third kappa shape index (κ3) is 5.07. The largest absolute Gasteiger partial charge is 0.481 e. The monoisotopic (exact) mass is 267 g/mol. The van der Waals surface area contributed by atoms with E-state index in [1.807, 2.05) is 0 Å². The van der Waals surface area contributed by atoms with E-state index in [-0.39, 0.29) is 18.3 Å². The summed E-state index contributed by atoms with van der Waals surface area (Å²) in [5, 5.41) is 8.85. The number of carbonyl (C=O) groups is 2. The number of carboxylic acids is 1. The Labute approximate surface area is 111 Å². The molecule has 1 N–H and O–H groups in total. The number of rotatable bonds is 6. The first-order valence-electron chi connectivity index (χ1n) is 6.13. The molecule has 1 aromatic rings. The molecule has 0 spiro atoms. The van der Waals surface area contributed by atoms with Crippen LogP contribution in [0.2, 0.25) is 0 Å². The average molecular weight is 267 g/mol. The first-order valence-corrected chi connectivity index (χ1v) is 6.13. The Morgan fingerprint density at radius 2 is 1.89 bits per heavy atom. The molecule has 0 aliphatic carbocycles. The topological polar surface area (TPSA) is 57.6 Å². The second-order valence-corrected chi connectivity index (χ2v) is 4.58. The molecule has 0 aliphatic rings. The van der Waals surface area contributed by atoms with E-state index in [0.29, 0.717) is 13.0 Å². The summed E-state index contributed by atoms with van der Waals surface area (Å²) >= 11 is 0. The number of halogens is 1. The van der Waals surface area contributed by atoms with Crippen LogP contribution in [0.1, 0.15) is 19.4 Å². The zero-order valence-corrected chi connectivity index (χ0v) is 11.1. The van der Waals surface area contributed by atoms with Gasteiger partial charge in [0.1, 0.15) is 5.82 Å². The second-order valence-electron chi connectivity index (χ2n) is 4.58. The molecule has 0 aromatic heterocycles. The molecule has 0 aliphatic heterocycles. The van der Waals surface area contributed by atoms with Gasteiger partial charge in [-0.15, -0.1) is 0 Å². The molecule has 4 nitrogen and oxygen atoms in total. The highest BCUT2D eigenvalue weighted by atomic mass is 19.1. The predicted octanol–water partition coefficient (Wildman–Crippen LogP) is 1.94. The summed E-state index contributed by atoms with van der Waals surface area (Å²) in [6.07, 6.45) is 0.576. The number of aliphatic carboxylic acids is 1. The summed E-state index contributed by atoms with van der Waals surface area (Å²) in [7, 11) is 0. The number of carboxylic acid groups (broad SMARTS) is 1. The van der Waals surface area contributed by atoms with Gasteiger partial charge in [0, 0.05) is 20.0 Å². The van der Waals surface area contributed by atoms with E-state index in [2.05, 4.69) is 0 Å². The molecule has 0 fully saturated rings. The summed E-state index contributed by atoms with van der Waals surface area (Å²) in [5.74, 6) is -1.98. The fourth-order valence-electron chi connectivity index (χ4n) is 1.70. The van der Waals surface area contributed by atoms with Crippen LogP contribution in [0.4, 0.5) is 4.39 Å². The van der Waals surface area contributed by atoms with Crippen LogP contribution in [-0.4, -0.2) is 35.0 Å². The van der Waals surface area contributed by atoms with Gasteiger partial charge in [0.15, 0.2) is 0 Å². The first kappa shape index (κ1) is 15.1. The third-order valence-electron chi connectivity index (χ3n) is 2.94. The highest BCUT2D eigenvalue weighted by Crippen LogP contribution is 2.07. The summed E-state index contributed by atoms with van der Waals surface area (Å²) in [6.45, 7) is 3.60. The fourth-order valence-corrected chi connectivity index (χ4v) is 1.70. The molecular weight excluding hydrogens is 249 g/mol. The van der Waals surface area contributed by atoms with E-state index < -0.39 is 11.9 Å². The fraction of sp³-hybridized carbons (Fsp3) is 0.429. The minimum absolute atomic E-state index is 0.157. The van der Waals surface area contributed by atoms with Gasteiger partial charge < -0.3 is 10.0 Å². The van der Waals surface area contributed by atoms with Crippen LogP contribution in [0.25, 0.3) is 0 Å². The van der Waals surface area contributed by atoms with Crippen molar-refractivity contribution in [1.29, 1.82) is 0 Å². The van der Waals surface area contributed by atoms with Gasteiger partial charge in [-0.25, -0.2) is 4.39 Å². The molecule has 19 heavy (non-hydrogen) atoms. The van der Waals surface area contributed by atoms with Gasteiger partial charge in [0.05, 0.1) is 5.92 Å². The lowest BCUT2D eigenvalue weighted by atomic mass is 10.1. The molecule has 1 rings (SSSR count). The van der Waals surface area contributed by atoms with Crippen molar-refractivity contribution < 1.29 is 19.1 Å². The van der Waals surface area contributed by atoms with Crippen LogP contribution in [0.5, 0.6) is 0 Å². The highest BCUT2D eigenvalue weighted by Gasteiger charge is 2.17. The first-order chi connectivity index (χ1) is 8.90. The van der Waals surface area contributed by atoms with Crippen LogP contribution in [0.3, 0.4) is 0 Å². The van der Waals surface area contributed by atoms with Crippen LogP contribution in [-0.2, 0) is 16.0 Å². The summed E-state index contributed by atoms with van der Waals surface area (Å²) in [5.41, 5.74) is 0.913. The van der Waals surface area contributed by atoms with Gasteiger partial charge in [-0.1, -0.05) is 19.1 Å². The van der Waals surface area contributed by atoms with Crippen molar-refractivity contribution in [3.8, 4) is 0 Å². The standard InChI is InChI=1S/C14H18FNO3/c1-10(14(18)19)9-16(11(2)17)8-7-12-3-5-13(15)6-4-12/h3-6,10H,7-9H2,1-2H3,(H,18,19). The van der Waals surface area contributed by atoms with Crippen molar-refractivity contribution in [1.82, 2.24) is 4.90 Å². The highest BCUT2D eigenvalue weighted by molar-refractivity contribution is 5.75. The van der Waals surface area contributed by atoms with E-state index in [1.54, 1.807) is 19.1 Å². The Morgan fingerprint density at radius 1 is 1.32 bits per heavy atom. The lowest BCUT2D eigenvalue weighted by Gasteiger charge is -2.23. The van der Waals surface area contributed by atoms with E-state index in [1.165, 1.54) is 24.0 Å².